The molecule has 1 unspecified atom stereocenters. The summed E-state index contributed by atoms with van der Waals surface area (Å²) >= 11 is 0. The van der Waals surface area contributed by atoms with Gasteiger partial charge in [-0.1, -0.05) is 19.1 Å². The van der Waals surface area contributed by atoms with Gasteiger partial charge in [0, 0.05) is 13.1 Å². The van der Waals surface area contributed by atoms with Crippen LogP contribution in [0.5, 0.6) is 5.75 Å². The standard InChI is InChI=1S/C16H25NO2/c1-12-4-5-13(2)15(8-12)19-10-14(18)9-17-11-16(3)6-7-16/h4-5,8,14,17-18H,6-7,9-11H2,1-3H3. The molecule has 0 amide bonds. The van der Waals surface area contributed by atoms with Gasteiger partial charge in [0.25, 0.3) is 0 Å². The Labute approximate surface area is 116 Å². The first-order chi connectivity index (χ1) is 8.98. The lowest BCUT2D eigenvalue weighted by Gasteiger charge is -2.16. The molecule has 0 saturated heterocycles. The molecule has 0 bridgehead atoms. The van der Waals surface area contributed by atoms with Gasteiger partial charge in [0.05, 0.1) is 0 Å². The van der Waals surface area contributed by atoms with Gasteiger partial charge >= 0.3 is 0 Å². The molecule has 1 aromatic carbocycles. The zero-order valence-corrected chi connectivity index (χ0v) is 12.2. The van der Waals surface area contributed by atoms with Gasteiger partial charge in [-0.3, -0.25) is 0 Å². The Balaban J connectivity index is 1.70. The Morgan fingerprint density at radius 3 is 2.79 bits per heavy atom. The fourth-order valence-electron chi connectivity index (χ4n) is 2.04. The molecule has 3 heteroatoms. The summed E-state index contributed by atoms with van der Waals surface area (Å²) in [6.45, 7) is 8.27. The molecular formula is C16H25NO2. The van der Waals surface area contributed by atoms with Gasteiger partial charge < -0.3 is 15.2 Å². The lowest BCUT2D eigenvalue weighted by molar-refractivity contribution is 0.105. The maximum atomic E-state index is 9.90. The second-order valence-electron chi connectivity index (χ2n) is 6.18. The van der Waals surface area contributed by atoms with Crippen molar-refractivity contribution in [2.45, 2.75) is 39.7 Å². The Morgan fingerprint density at radius 2 is 2.11 bits per heavy atom. The molecule has 0 radical (unpaired) electrons. The summed E-state index contributed by atoms with van der Waals surface area (Å²) in [5.74, 6) is 0.869. The predicted octanol–water partition coefficient (Wildman–Crippen LogP) is 2.43. The Hall–Kier alpha value is -1.06. The second kappa shape index (κ2) is 5.93. The minimum absolute atomic E-state index is 0.341. The lowest BCUT2D eigenvalue weighted by atomic mass is 10.1. The number of rotatable bonds is 7. The molecule has 1 atom stereocenters. The molecule has 0 aliphatic heterocycles. The third kappa shape index (κ3) is 4.51. The fraction of sp³-hybridized carbons (Fsp3) is 0.625. The van der Waals surface area contributed by atoms with Gasteiger partial charge in [-0.2, -0.15) is 0 Å². The van der Waals surface area contributed by atoms with E-state index in [0.29, 0.717) is 18.6 Å². The van der Waals surface area contributed by atoms with Crippen molar-refractivity contribution in [2.75, 3.05) is 19.7 Å². The van der Waals surface area contributed by atoms with Crippen molar-refractivity contribution < 1.29 is 9.84 Å². The SMILES string of the molecule is Cc1ccc(C)c(OCC(O)CNCC2(C)CC2)c1. The van der Waals surface area contributed by atoms with E-state index in [-0.39, 0.29) is 0 Å². The van der Waals surface area contributed by atoms with Gasteiger partial charge in [-0.15, -0.1) is 0 Å². The number of hydrogen-bond acceptors (Lipinski definition) is 3. The zero-order chi connectivity index (χ0) is 13.9. The summed E-state index contributed by atoms with van der Waals surface area (Å²) in [5.41, 5.74) is 2.76. The fourth-order valence-corrected chi connectivity index (χ4v) is 2.04. The van der Waals surface area contributed by atoms with Crippen LogP contribution in [-0.4, -0.2) is 30.9 Å². The van der Waals surface area contributed by atoms with Crippen molar-refractivity contribution in [3.8, 4) is 5.75 Å². The second-order valence-corrected chi connectivity index (χ2v) is 6.18. The molecule has 2 rings (SSSR count). The van der Waals surface area contributed by atoms with E-state index in [4.69, 9.17) is 4.74 Å². The molecule has 1 aliphatic rings. The first-order valence-corrected chi connectivity index (χ1v) is 7.07. The molecular weight excluding hydrogens is 238 g/mol. The van der Waals surface area contributed by atoms with E-state index < -0.39 is 6.10 Å². The van der Waals surface area contributed by atoms with Crippen LogP contribution in [0, 0.1) is 19.3 Å². The normalized spacial score (nSPS) is 18.1. The first kappa shape index (κ1) is 14.4. The number of aliphatic hydroxyl groups is 1. The van der Waals surface area contributed by atoms with Crippen molar-refractivity contribution in [2.24, 2.45) is 5.41 Å². The number of nitrogens with one attached hydrogen (secondary N) is 1. The molecule has 0 aromatic heterocycles. The number of hydrogen-bond donors (Lipinski definition) is 2. The molecule has 2 N–H and O–H groups in total. The van der Waals surface area contributed by atoms with E-state index in [9.17, 15) is 5.11 Å². The van der Waals surface area contributed by atoms with Crippen LogP contribution >= 0.6 is 0 Å². The quantitative estimate of drug-likeness (QED) is 0.794. The van der Waals surface area contributed by atoms with Gasteiger partial charge in [0.15, 0.2) is 0 Å². The van der Waals surface area contributed by atoms with Crippen LogP contribution in [-0.2, 0) is 0 Å². The lowest BCUT2D eigenvalue weighted by Crippen LogP contribution is -2.34. The minimum Gasteiger partial charge on any atom is -0.491 e. The minimum atomic E-state index is -0.456. The van der Waals surface area contributed by atoms with Crippen LogP contribution in [0.2, 0.25) is 0 Å². The number of benzene rings is 1. The number of aliphatic hydroxyl groups excluding tert-OH is 1. The van der Waals surface area contributed by atoms with E-state index >= 15 is 0 Å². The topological polar surface area (TPSA) is 41.5 Å². The van der Waals surface area contributed by atoms with E-state index in [2.05, 4.69) is 18.3 Å². The highest BCUT2D eigenvalue weighted by molar-refractivity contribution is 5.35. The zero-order valence-electron chi connectivity index (χ0n) is 12.2. The predicted molar refractivity (Wildman–Crippen MR) is 77.6 cm³/mol. The molecule has 1 aliphatic carbocycles. The van der Waals surface area contributed by atoms with Crippen molar-refractivity contribution >= 4 is 0 Å². The van der Waals surface area contributed by atoms with Gasteiger partial charge in [0.1, 0.15) is 18.5 Å². The number of aryl methyl sites for hydroxylation is 2. The van der Waals surface area contributed by atoms with Gasteiger partial charge in [0.2, 0.25) is 0 Å². The highest BCUT2D eigenvalue weighted by Gasteiger charge is 2.36. The molecule has 1 fully saturated rings. The van der Waals surface area contributed by atoms with E-state index in [1.165, 1.54) is 18.4 Å². The molecule has 0 spiro atoms. The van der Waals surface area contributed by atoms with Crippen LogP contribution < -0.4 is 10.1 Å². The summed E-state index contributed by atoms with van der Waals surface area (Å²) in [6, 6.07) is 6.13. The molecule has 3 nitrogen and oxygen atoms in total. The molecule has 0 heterocycles. The van der Waals surface area contributed by atoms with E-state index in [1.54, 1.807) is 0 Å². The largest absolute Gasteiger partial charge is 0.491 e. The average Bonchev–Trinajstić information content (AvgIpc) is 3.08. The van der Waals surface area contributed by atoms with Crippen LogP contribution in [0.4, 0.5) is 0 Å². The highest BCUT2D eigenvalue weighted by Crippen LogP contribution is 2.43. The molecule has 1 saturated carbocycles. The highest BCUT2D eigenvalue weighted by atomic mass is 16.5. The Morgan fingerprint density at radius 1 is 1.37 bits per heavy atom. The summed E-state index contributed by atoms with van der Waals surface area (Å²) in [4.78, 5) is 0. The number of ether oxygens (including phenoxy) is 1. The monoisotopic (exact) mass is 263 g/mol. The smallest absolute Gasteiger partial charge is 0.122 e. The molecule has 106 valence electrons. The van der Waals surface area contributed by atoms with Crippen LogP contribution in [0.25, 0.3) is 0 Å². The van der Waals surface area contributed by atoms with Crippen LogP contribution in [0.3, 0.4) is 0 Å². The van der Waals surface area contributed by atoms with Crippen molar-refractivity contribution in [1.82, 2.24) is 5.32 Å². The van der Waals surface area contributed by atoms with E-state index in [1.807, 2.05) is 26.0 Å². The Kier molecular flexibility index (Phi) is 4.48. The summed E-state index contributed by atoms with van der Waals surface area (Å²) in [5, 5.41) is 13.2. The molecule has 1 aromatic rings. The van der Waals surface area contributed by atoms with Crippen LogP contribution in [0.1, 0.15) is 30.9 Å². The maximum absolute atomic E-state index is 9.90. The van der Waals surface area contributed by atoms with Gasteiger partial charge in [-0.05, 0) is 49.3 Å². The van der Waals surface area contributed by atoms with Gasteiger partial charge in [-0.25, -0.2) is 0 Å². The Bertz CT molecular complexity index is 427. The summed E-state index contributed by atoms with van der Waals surface area (Å²) < 4.78 is 5.69. The third-order valence-corrected chi connectivity index (χ3v) is 3.81. The summed E-state index contributed by atoms with van der Waals surface area (Å²) in [6.07, 6.45) is 2.15. The molecule has 19 heavy (non-hydrogen) atoms. The van der Waals surface area contributed by atoms with Crippen molar-refractivity contribution in [3.63, 3.8) is 0 Å². The van der Waals surface area contributed by atoms with E-state index in [0.717, 1.165) is 17.9 Å². The van der Waals surface area contributed by atoms with Crippen LogP contribution in [0.15, 0.2) is 18.2 Å². The first-order valence-electron chi connectivity index (χ1n) is 7.07. The average molecular weight is 263 g/mol. The van der Waals surface area contributed by atoms with Crippen molar-refractivity contribution in [3.05, 3.63) is 29.3 Å². The summed E-state index contributed by atoms with van der Waals surface area (Å²) in [7, 11) is 0. The maximum Gasteiger partial charge on any atom is 0.122 e. The van der Waals surface area contributed by atoms with Crippen molar-refractivity contribution in [1.29, 1.82) is 0 Å². The third-order valence-electron chi connectivity index (χ3n) is 3.81.